The van der Waals surface area contributed by atoms with Gasteiger partial charge in [-0.25, -0.2) is 5.14 Å². The second kappa shape index (κ2) is 5.42. The number of nitrogens with zero attached hydrogens (tertiary/aromatic N) is 3. The molecule has 1 fully saturated rings. The number of rotatable bonds is 4. The van der Waals surface area contributed by atoms with Gasteiger partial charge in [0, 0.05) is 32.6 Å². The molecule has 1 aliphatic heterocycles. The lowest BCUT2D eigenvalue weighted by molar-refractivity contribution is 0.187. The van der Waals surface area contributed by atoms with E-state index in [4.69, 9.17) is 10.4 Å². The minimum Gasteiger partial charge on any atom is -0.301 e. The van der Waals surface area contributed by atoms with E-state index in [1.165, 1.54) is 4.31 Å². The number of unbranched alkanes of at least 4 members (excludes halogenated alkanes) is 1. The lowest BCUT2D eigenvalue weighted by Gasteiger charge is -2.32. The standard InChI is InChI=1S/C8H16N4O2S/c9-3-1-2-4-11-5-7-12(8-6-11)15(10,13)14/h1-2,4-8H2,(H2,10,13,14). The molecular weight excluding hydrogens is 216 g/mol. The van der Waals surface area contributed by atoms with E-state index in [1.807, 2.05) is 0 Å². The predicted octanol–water partition coefficient (Wildman–Crippen LogP) is -0.889. The first kappa shape index (κ1) is 12.4. The largest absolute Gasteiger partial charge is 0.301 e. The van der Waals surface area contributed by atoms with Crippen LogP contribution in [0.15, 0.2) is 0 Å². The molecule has 0 unspecified atom stereocenters. The highest BCUT2D eigenvalue weighted by molar-refractivity contribution is 7.86. The van der Waals surface area contributed by atoms with Crippen molar-refractivity contribution in [2.24, 2.45) is 5.14 Å². The van der Waals surface area contributed by atoms with Gasteiger partial charge >= 0.3 is 0 Å². The Labute approximate surface area is 90.4 Å². The van der Waals surface area contributed by atoms with E-state index in [0.29, 0.717) is 32.6 Å². The highest BCUT2D eigenvalue weighted by Gasteiger charge is 2.23. The fourth-order valence-corrected chi connectivity index (χ4v) is 2.26. The number of piperazine rings is 1. The summed E-state index contributed by atoms with van der Waals surface area (Å²) in [5.41, 5.74) is 0. The summed E-state index contributed by atoms with van der Waals surface area (Å²) in [5.74, 6) is 0. The first-order valence-corrected chi connectivity index (χ1v) is 6.41. The summed E-state index contributed by atoms with van der Waals surface area (Å²) < 4.78 is 23.3. The maximum atomic E-state index is 11.0. The van der Waals surface area contributed by atoms with Gasteiger partial charge < -0.3 is 4.90 Å². The van der Waals surface area contributed by atoms with Crippen molar-refractivity contribution in [1.82, 2.24) is 9.21 Å². The molecule has 0 aromatic heterocycles. The van der Waals surface area contributed by atoms with Crippen LogP contribution in [0.25, 0.3) is 0 Å². The van der Waals surface area contributed by atoms with Crippen LogP contribution in [0.5, 0.6) is 0 Å². The van der Waals surface area contributed by atoms with Crippen molar-refractivity contribution < 1.29 is 8.42 Å². The summed E-state index contributed by atoms with van der Waals surface area (Å²) in [6.45, 7) is 3.15. The molecular formula is C8H16N4O2S. The number of hydrogen-bond donors (Lipinski definition) is 1. The predicted molar refractivity (Wildman–Crippen MR) is 56.0 cm³/mol. The molecule has 6 nitrogen and oxygen atoms in total. The molecule has 1 heterocycles. The molecule has 1 rings (SSSR count). The molecule has 1 saturated heterocycles. The Bertz CT molecular complexity index is 327. The van der Waals surface area contributed by atoms with Gasteiger partial charge in [0.25, 0.3) is 10.2 Å². The highest BCUT2D eigenvalue weighted by atomic mass is 32.2. The second-order valence-corrected chi connectivity index (χ2v) is 5.09. The summed E-state index contributed by atoms with van der Waals surface area (Å²) in [6, 6.07) is 2.09. The van der Waals surface area contributed by atoms with Crippen LogP contribution < -0.4 is 5.14 Å². The maximum absolute atomic E-state index is 11.0. The van der Waals surface area contributed by atoms with Crippen LogP contribution in [0.4, 0.5) is 0 Å². The third kappa shape index (κ3) is 4.13. The summed E-state index contributed by atoms with van der Waals surface area (Å²) in [6.07, 6.45) is 1.39. The minimum absolute atomic E-state index is 0.450. The quantitative estimate of drug-likeness (QED) is 0.637. The topological polar surface area (TPSA) is 90.4 Å². The molecule has 0 radical (unpaired) electrons. The van der Waals surface area contributed by atoms with Crippen molar-refractivity contribution in [3.63, 3.8) is 0 Å². The molecule has 86 valence electrons. The molecule has 0 aromatic rings. The van der Waals surface area contributed by atoms with E-state index in [1.54, 1.807) is 0 Å². The first-order valence-electron chi connectivity index (χ1n) is 4.91. The van der Waals surface area contributed by atoms with E-state index < -0.39 is 10.2 Å². The zero-order chi connectivity index (χ0) is 11.3. The fraction of sp³-hybridized carbons (Fsp3) is 0.875. The van der Waals surface area contributed by atoms with Crippen LogP contribution in [-0.2, 0) is 10.2 Å². The molecule has 15 heavy (non-hydrogen) atoms. The fourth-order valence-electron chi connectivity index (χ4n) is 1.59. The zero-order valence-corrected chi connectivity index (χ0v) is 9.41. The number of nitrogens with two attached hydrogens (primary N) is 1. The Kier molecular flexibility index (Phi) is 4.47. The van der Waals surface area contributed by atoms with E-state index in [2.05, 4.69) is 11.0 Å². The lowest BCUT2D eigenvalue weighted by atomic mass is 10.3. The lowest BCUT2D eigenvalue weighted by Crippen LogP contribution is -2.50. The molecule has 0 spiro atoms. The van der Waals surface area contributed by atoms with Crippen molar-refractivity contribution in [1.29, 1.82) is 5.26 Å². The molecule has 0 aromatic carbocycles. The normalized spacial score (nSPS) is 20.0. The van der Waals surface area contributed by atoms with Crippen molar-refractivity contribution >= 4 is 10.2 Å². The van der Waals surface area contributed by atoms with Gasteiger partial charge in [-0.2, -0.15) is 18.0 Å². The Morgan fingerprint density at radius 2 is 1.87 bits per heavy atom. The van der Waals surface area contributed by atoms with E-state index in [-0.39, 0.29) is 0 Å². The molecule has 0 aliphatic carbocycles. The van der Waals surface area contributed by atoms with Crippen LogP contribution in [0.3, 0.4) is 0 Å². The van der Waals surface area contributed by atoms with Gasteiger partial charge in [0.15, 0.2) is 0 Å². The van der Waals surface area contributed by atoms with E-state index in [9.17, 15) is 8.42 Å². The van der Waals surface area contributed by atoms with Gasteiger partial charge in [-0.05, 0) is 13.0 Å². The SMILES string of the molecule is N#CCCCN1CCN(S(N)(=O)=O)CC1. The monoisotopic (exact) mass is 232 g/mol. The van der Waals surface area contributed by atoms with Gasteiger partial charge in [-0.15, -0.1) is 0 Å². The highest BCUT2D eigenvalue weighted by Crippen LogP contribution is 2.05. The van der Waals surface area contributed by atoms with Crippen LogP contribution >= 0.6 is 0 Å². The van der Waals surface area contributed by atoms with Crippen LogP contribution in [0.2, 0.25) is 0 Å². The average Bonchev–Trinajstić information content (AvgIpc) is 2.18. The average molecular weight is 232 g/mol. The Morgan fingerprint density at radius 3 is 2.33 bits per heavy atom. The summed E-state index contributed by atoms with van der Waals surface area (Å²) in [4.78, 5) is 2.15. The molecule has 0 bridgehead atoms. The molecule has 7 heteroatoms. The maximum Gasteiger partial charge on any atom is 0.276 e. The van der Waals surface area contributed by atoms with Crippen molar-refractivity contribution in [2.45, 2.75) is 12.8 Å². The smallest absolute Gasteiger partial charge is 0.276 e. The van der Waals surface area contributed by atoms with Gasteiger partial charge in [-0.1, -0.05) is 0 Å². The van der Waals surface area contributed by atoms with Gasteiger partial charge in [0.2, 0.25) is 0 Å². The Balaban J connectivity index is 2.28. The summed E-state index contributed by atoms with van der Waals surface area (Å²) in [7, 11) is -3.52. The van der Waals surface area contributed by atoms with Gasteiger partial charge in [0.1, 0.15) is 0 Å². The van der Waals surface area contributed by atoms with Crippen molar-refractivity contribution in [2.75, 3.05) is 32.7 Å². The summed E-state index contributed by atoms with van der Waals surface area (Å²) >= 11 is 0. The Hall–Kier alpha value is -0.680. The summed E-state index contributed by atoms with van der Waals surface area (Å²) in [5, 5.41) is 13.4. The molecule has 0 saturated carbocycles. The van der Waals surface area contributed by atoms with Gasteiger partial charge in [-0.3, -0.25) is 0 Å². The number of hydrogen-bond acceptors (Lipinski definition) is 4. The van der Waals surface area contributed by atoms with E-state index in [0.717, 1.165) is 13.0 Å². The number of nitriles is 1. The van der Waals surface area contributed by atoms with Crippen LogP contribution in [0, 0.1) is 11.3 Å². The van der Waals surface area contributed by atoms with Gasteiger partial charge in [0.05, 0.1) is 6.07 Å². The minimum atomic E-state index is -3.52. The zero-order valence-electron chi connectivity index (χ0n) is 8.59. The third-order valence-electron chi connectivity index (χ3n) is 2.45. The molecule has 2 N–H and O–H groups in total. The van der Waals surface area contributed by atoms with Crippen molar-refractivity contribution in [3.8, 4) is 6.07 Å². The van der Waals surface area contributed by atoms with Crippen LogP contribution in [0.1, 0.15) is 12.8 Å². The van der Waals surface area contributed by atoms with E-state index >= 15 is 0 Å². The second-order valence-electron chi connectivity index (χ2n) is 3.55. The Morgan fingerprint density at radius 1 is 1.27 bits per heavy atom. The van der Waals surface area contributed by atoms with Crippen molar-refractivity contribution in [3.05, 3.63) is 0 Å². The molecule has 1 aliphatic rings. The third-order valence-corrected chi connectivity index (χ3v) is 3.54. The van der Waals surface area contributed by atoms with Crippen LogP contribution in [-0.4, -0.2) is 50.3 Å². The molecule has 0 amide bonds. The molecule has 0 atom stereocenters. The first-order chi connectivity index (χ1) is 7.04.